The van der Waals surface area contributed by atoms with Crippen molar-refractivity contribution < 1.29 is 23.0 Å². The third-order valence-corrected chi connectivity index (χ3v) is 2.03. The lowest BCUT2D eigenvalue weighted by atomic mass is 10.2. The van der Waals surface area contributed by atoms with Crippen LogP contribution in [0.2, 0.25) is 5.02 Å². The van der Waals surface area contributed by atoms with Gasteiger partial charge in [-0.05, 0) is 18.2 Å². The highest BCUT2D eigenvalue weighted by Crippen LogP contribution is 2.23. The van der Waals surface area contributed by atoms with Crippen molar-refractivity contribution in [2.24, 2.45) is 0 Å². The molecule has 0 bridgehead atoms. The van der Waals surface area contributed by atoms with Crippen LogP contribution in [-0.4, -0.2) is 26.1 Å². The summed E-state index contributed by atoms with van der Waals surface area (Å²) in [6.45, 7) is -0.714. The summed E-state index contributed by atoms with van der Waals surface area (Å²) in [6, 6.07) is 4.02. The number of hydrogen-bond donors (Lipinski definition) is 0. The second-order valence-electron chi connectivity index (χ2n) is 2.84. The minimum Gasteiger partial charge on any atom is -0.488 e. The van der Waals surface area contributed by atoms with E-state index in [1.165, 1.54) is 25.3 Å². The van der Waals surface area contributed by atoms with Crippen LogP contribution in [0.25, 0.3) is 0 Å². The van der Waals surface area contributed by atoms with Gasteiger partial charge in [0.15, 0.2) is 0 Å². The quantitative estimate of drug-likeness (QED) is 0.771. The standard InChI is InChI=1S/C10H9ClF2O3/c1-15-10(14)7-3-2-6(4-8(7)11)16-5-9(12)13/h2-4,9H,5H2,1H3. The van der Waals surface area contributed by atoms with E-state index in [9.17, 15) is 13.6 Å². The SMILES string of the molecule is COC(=O)c1ccc(OCC(F)F)cc1Cl. The highest BCUT2D eigenvalue weighted by Gasteiger charge is 2.12. The molecule has 16 heavy (non-hydrogen) atoms. The maximum atomic E-state index is 11.9. The third-order valence-electron chi connectivity index (χ3n) is 1.72. The molecule has 0 aliphatic carbocycles. The minimum absolute atomic E-state index is 0.0959. The third kappa shape index (κ3) is 3.34. The molecule has 1 rings (SSSR count). The van der Waals surface area contributed by atoms with Gasteiger partial charge in [0, 0.05) is 0 Å². The smallest absolute Gasteiger partial charge is 0.339 e. The summed E-state index contributed by atoms with van der Waals surface area (Å²) in [5.74, 6) is -0.414. The van der Waals surface area contributed by atoms with Crippen molar-refractivity contribution in [3.8, 4) is 5.75 Å². The summed E-state index contributed by atoms with van der Waals surface area (Å²) in [7, 11) is 1.22. The van der Waals surface area contributed by atoms with Crippen molar-refractivity contribution in [1.82, 2.24) is 0 Å². The molecule has 0 heterocycles. The molecule has 0 aliphatic heterocycles. The number of halogens is 3. The van der Waals surface area contributed by atoms with E-state index in [1.807, 2.05) is 0 Å². The maximum absolute atomic E-state index is 11.9. The zero-order valence-electron chi connectivity index (χ0n) is 8.38. The fraction of sp³-hybridized carbons (Fsp3) is 0.300. The molecule has 0 spiro atoms. The summed E-state index contributed by atoms with van der Waals surface area (Å²) >= 11 is 5.75. The Morgan fingerprint density at radius 2 is 2.19 bits per heavy atom. The molecule has 88 valence electrons. The number of alkyl halides is 2. The number of hydrogen-bond acceptors (Lipinski definition) is 3. The molecule has 0 aliphatic rings. The van der Waals surface area contributed by atoms with Crippen molar-refractivity contribution in [2.75, 3.05) is 13.7 Å². The first kappa shape index (κ1) is 12.7. The molecule has 3 nitrogen and oxygen atoms in total. The molecule has 6 heteroatoms. The predicted octanol–water partition coefficient (Wildman–Crippen LogP) is 2.77. The van der Waals surface area contributed by atoms with Crippen LogP contribution in [0, 0.1) is 0 Å². The Kier molecular flexibility index (Phi) is 4.49. The molecular formula is C10H9ClF2O3. The summed E-state index contributed by atoms with van der Waals surface area (Å²) in [4.78, 5) is 11.1. The summed E-state index contributed by atoms with van der Waals surface area (Å²) in [5.41, 5.74) is 0.161. The second-order valence-corrected chi connectivity index (χ2v) is 3.24. The number of benzene rings is 1. The van der Waals surface area contributed by atoms with Crippen LogP contribution in [0.1, 0.15) is 10.4 Å². The summed E-state index contributed by atoms with van der Waals surface area (Å²) in [6.07, 6.45) is -2.56. The first-order chi connectivity index (χ1) is 7.54. The molecule has 0 unspecified atom stereocenters. The molecule has 0 atom stereocenters. The highest BCUT2D eigenvalue weighted by atomic mass is 35.5. The Morgan fingerprint density at radius 1 is 1.50 bits per heavy atom. The molecular weight excluding hydrogens is 242 g/mol. The van der Waals surface area contributed by atoms with E-state index in [1.54, 1.807) is 0 Å². The van der Waals surface area contributed by atoms with Crippen molar-refractivity contribution in [1.29, 1.82) is 0 Å². The van der Waals surface area contributed by atoms with E-state index in [2.05, 4.69) is 4.74 Å². The van der Waals surface area contributed by atoms with Gasteiger partial charge < -0.3 is 9.47 Å². The lowest BCUT2D eigenvalue weighted by Gasteiger charge is -2.07. The van der Waals surface area contributed by atoms with Gasteiger partial charge in [0.2, 0.25) is 0 Å². The average molecular weight is 251 g/mol. The van der Waals surface area contributed by atoms with Crippen LogP contribution in [0.15, 0.2) is 18.2 Å². The van der Waals surface area contributed by atoms with E-state index in [0.29, 0.717) is 0 Å². The molecule has 0 radical (unpaired) electrons. The van der Waals surface area contributed by atoms with Crippen LogP contribution < -0.4 is 4.74 Å². The summed E-state index contributed by atoms with van der Waals surface area (Å²) in [5, 5.41) is 0.0959. The van der Waals surface area contributed by atoms with Crippen molar-refractivity contribution >= 4 is 17.6 Å². The first-order valence-electron chi connectivity index (χ1n) is 4.33. The second kappa shape index (κ2) is 5.65. The van der Waals surface area contributed by atoms with Crippen LogP contribution in [0.4, 0.5) is 8.78 Å². The molecule has 0 saturated heterocycles. The minimum atomic E-state index is -2.56. The number of esters is 1. The largest absolute Gasteiger partial charge is 0.488 e. The lowest BCUT2D eigenvalue weighted by Crippen LogP contribution is -2.07. The molecule has 1 aromatic rings. The maximum Gasteiger partial charge on any atom is 0.339 e. The van der Waals surface area contributed by atoms with Crippen molar-refractivity contribution in [2.45, 2.75) is 6.43 Å². The van der Waals surface area contributed by atoms with E-state index in [4.69, 9.17) is 16.3 Å². The lowest BCUT2D eigenvalue weighted by molar-refractivity contribution is 0.0600. The van der Waals surface area contributed by atoms with E-state index >= 15 is 0 Å². The Morgan fingerprint density at radius 3 is 2.69 bits per heavy atom. The molecule has 1 aromatic carbocycles. The number of methoxy groups -OCH3 is 1. The van der Waals surface area contributed by atoms with Gasteiger partial charge in [-0.15, -0.1) is 0 Å². The van der Waals surface area contributed by atoms with Crippen LogP contribution in [-0.2, 0) is 4.74 Å². The number of carbonyl (C=O) groups is 1. The number of rotatable bonds is 4. The molecule has 0 saturated carbocycles. The molecule has 0 fully saturated rings. The van der Waals surface area contributed by atoms with Gasteiger partial charge in [-0.1, -0.05) is 11.6 Å². The predicted molar refractivity (Wildman–Crippen MR) is 54.3 cm³/mol. The average Bonchev–Trinajstić information content (AvgIpc) is 2.25. The molecule has 0 amide bonds. The Balaban J connectivity index is 2.78. The van der Waals surface area contributed by atoms with E-state index < -0.39 is 19.0 Å². The van der Waals surface area contributed by atoms with Gasteiger partial charge in [0.1, 0.15) is 12.4 Å². The van der Waals surface area contributed by atoms with E-state index in [-0.39, 0.29) is 16.3 Å². The van der Waals surface area contributed by atoms with Crippen molar-refractivity contribution in [3.05, 3.63) is 28.8 Å². The topological polar surface area (TPSA) is 35.5 Å². The Labute approximate surface area is 95.9 Å². The van der Waals surface area contributed by atoms with Crippen LogP contribution >= 0.6 is 11.6 Å². The van der Waals surface area contributed by atoms with Crippen LogP contribution in [0.3, 0.4) is 0 Å². The fourth-order valence-corrected chi connectivity index (χ4v) is 1.27. The van der Waals surface area contributed by atoms with Gasteiger partial charge in [0.25, 0.3) is 6.43 Å². The number of ether oxygens (including phenoxy) is 2. The van der Waals surface area contributed by atoms with Crippen LogP contribution in [0.5, 0.6) is 5.75 Å². The Hall–Kier alpha value is -1.36. The molecule has 0 aromatic heterocycles. The highest BCUT2D eigenvalue weighted by molar-refractivity contribution is 6.33. The zero-order valence-corrected chi connectivity index (χ0v) is 9.13. The normalized spacial score (nSPS) is 10.3. The monoisotopic (exact) mass is 250 g/mol. The fourth-order valence-electron chi connectivity index (χ4n) is 1.02. The van der Waals surface area contributed by atoms with Gasteiger partial charge in [-0.3, -0.25) is 0 Å². The molecule has 0 N–H and O–H groups in total. The van der Waals surface area contributed by atoms with Gasteiger partial charge in [0.05, 0.1) is 17.7 Å². The van der Waals surface area contributed by atoms with Crippen molar-refractivity contribution in [3.63, 3.8) is 0 Å². The Bertz CT molecular complexity index is 382. The van der Waals surface area contributed by atoms with Gasteiger partial charge >= 0.3 is 5.97 Å². The van der Waals surface area contributed by atoms with Gasteiger partial charge in [-0.25, -0.2) is 13.6 Å². The first-order valence-corrected chi connectivity index (χ1v) is 4.71. The van der Waals surface area contributed by atoms with Gasteiger partial charge in [-0.2, -0.15) is 0 Å². The number of carbonyl (C=O) groups excluding carboxylic acids is 1. The zero-order chi connectivity index (χ0) is 12.1. The summed E-state index contributed by atoms with van der Waals surface area (Å²) < 4.78 is 32.9. The van der Waals surface area contributed by atoms with E-state index in [0.717, 1.165) is 0 Å².